The maximum Gasteiger partial charge on any atom is 0.135 e. The third-order valence-corrected chi connectivity index (χ3v) is 4.92. The molecule has 3 heterocycles. The summed E-state index contributed by atoms with van der Waals surface area (Å²) in [7, 11) is 4.14. The van der Waals surface area contributed by atoms with Crippen LogP contribution in [0.3, 0.4) is 0 Å². The number of halogens is 1. The molecule has 0 spiro atoms. The third kappa shape index (κ3) is 3.70. The minimum Gasteiger partial charge on any atom is -0.460 e. The number of fused-ring (bicyclic) bond motifs is 1. The minimum absolute atomic E-state index is 0.712. The van der Waals surface area contributed by atoms with Crippen LogP contribution in [0.25, 0.3) is 11.3 Å². The van der Waals surface area contributed by atoms with E-state index in [0.29, 0.717) is 5.02 Å². The molecule has 26 heavy (non-hydrogen) atoms. The zero-order valence-electron chi connectivity index (χ0n) is 15.2. The molecule has 3 aromatic rings. The first kappa shape index (κ1) is 17.3. The van der Waals surface area contributed by atoms with Gasteiger partial charge in [-0.3, -0.25) is 9.58 Å². The monoisotopic (exact) mass is 370 g/mol. The molecule has 0 radical (unpaired) electrons. The number of hydrogen-bond acceptors (Lipinski definition) is 4. The van der Waals surface area contributed by atoms with Crippen LogP contribution in [-0.4, -0.2) is 40.2 Å². The van der Waals surface area contributed by atoms with Crippen LogP contribution >= 0.6 is 11.6 Å². The largest absolute Gasteiger partial charge is 0.460 e. The van der Waals surface area contributed by atoms with Crippen LogP contribution in [0, 0.1) is 0 Å². The number of hydrogen-bond donors (Lipinski definition) is 0. The quantitative estimate of drug-likeness (QED) is 0.683. The van der Waals surface area contributed by atoms with Gasteiger partial charge in [-0.1, -0.05) is 23.7 Å². The fraction of sp³-hybridized carbons (Fsp3) is 0.350. The Labute approximate surface area is 158 Å². The molecule has 0 aliphatic carbocycles. The predicted octanol–water partition coefficient (Wildman–Crippen LogP) is 3.87. The van der Waals surface area contributed by atoms with Gasteiger partial charge in [-0.25, -0.2) is 0 Å². The smallest absolute Gasteiger partial charge is 0.135 e. The fourth-order valence-corrected chi connectivity index (χ4v) is 3.63. The van der Waals surface area contributed by atoms with Crippen LogP contribution in [0.4, 0.5) is 0 Å². The Kier molecular flexibility index (Phi) is 4.85. The molecule has 0 fully saturated rings. The molecule has 4 rings (SSSR count). The molecule has 2 aromatic heterocycles. The first-order valence-corrected chi connectivity index (χ1v) is 9.22. The summed E-state index contributed by atoms with van der Waals surface area (Å²) in [6, 6.07) is 14.0. The summed E-state index contributed by atoms with van der Waals surface area (Å²) in [4.78, 5) is 4.54. The number of furan rings is 1. The van der Waals surface area contributed by atoms with Crippen molar-refractivity contribution >= 4 is 11.6 Å². The number of aromatic nitrogens is 2. The average molecular weight is 371 g/mol. The van der Waals surface area contributed by atoms with Gasteiger partial charge in [0.2, 0.25) is 0 Å². The molecule has 0 saturated carbocycles. The molecule has 0 N–H and O–H groups in total. The summed E-state index contributed by atoms with van der Waals surface area (Å²) in [5, 5.41) is 5.41. The molecule has 1 aliphatic rings. The van der Waals surface area contributed by atoms with Gasteiger partial charge in [0.1, 0.15) is 11.5 Å². The van der Waals surface area contributed by atoms with Gasteiger partial charge in [-0.05, 0) is 44.4 Å². The van der Waals surface area contributed by atoms with Crippen molar-refractivity contribution in [2.24, 2.45) is 0 Å². The molecule has 1 aliphatic heterocycles. The normalized spacial score (nSPS) is 14.8. The van der Waals surface area contributed by atoms with Crippen molar-refractivity contribution in [3.05, 3.63) is 64.6 Å². The van der Waals surface area contributed by atoms with Crippen LogP contribution in [0.1, 0.15) is 17.1 Å². The van der Waals surface area contributed by atoms with E-state index in [1.807, 2.05) is 36.4 Å². The number of benzene rings is 1. The van der Waals surface area contributed by atoms with E-state index in [-0.39, 0.29) is 0 Å². The molecular weight excluding hydrogens is 348 g/mol. The van der Waals surface area contributed by atoms with E-state index >= 15 is 0 Å². The van der Waals surface area contributed by atoms with Gasteiger partial charge in [0, 0.05) is 25.2 Å². The van der Waals surface area contributed by atoms with E-state index in [1.165, 1.54) is 5.69 Å². The number of rotatable bonds is 5. The van der Waals surface area contributed by atoms with Crippen LogP contribution in [-0.2, 0) is 26.2 Å². The lowest BCUT2D eigenvalue weighted by molar-refractivity contribution is 0.191. The highest BCUT2D eigenvalue weighted by molar-refractivity contribution is 6.33. The van der Waals surface area contributed by atoms with Crippen LogP contribution in [0.5, 0.6) is 0 Å². The van der Waals surface area contributed by atoms with Crippen molar-refractivity contribution < 1.29 is 4.42 Å². The van der Waals surface area contributed by atoms with E-state index in [4.69, 9.17) is 21.1 Å². The molecule has 0 unspecified atom stereocenters. The summed E-state index contributed by atoms with van der Waals surface area (Å²) in [6.07, 6.45) is 0. The molecular formula is C20H23ClN4O. The Bertz CT molecular complexity index is 899. The Balaban J connectivity index is 1.44. The van der Waals surface area contributed by atoms with E-state index < -0.39 is 0 Å². The first-order valence-electron chi connectivity index (χ1n) is 8.85. The Morgan fingerprint density at radius 1 is 1.15 bits per heavy atom. The molecule has 0 saturated heterocycles. The van der Waals surface area contributed by atoms with Gasteiger partial charge < -0.3 is 9.32 Å². The summed E-state index contributed by atoms with van der Waals surface area (Å²) in [5.41, 5.74) is 3.34. The SMILES string of the molecule is CN(C)Cc1cc2n(n1)CCN(Cc1ccc(-c3ccccc3Cl)o1)C2. The molecule has 0 bridgehead atoms. The summed E-state index contributed by atoms with van der Waals surface area (Å²) < 4.78 is 8.18. The van der Waals surface area contributed by atoms with Crippen LogP contribution < -0.4 is 0 Å². The minimum atomic E-state index is 0.712. The lowest BCUT2D eigenvalue weighted by Crippen LogP contribution is -2.33. The lowest BCUT2D eigenvalue weighted by Gasteiger charge is -2.26. The summed E-state index contributed by atoms with van der Waals surface area (Å²) >= 11 is 6.27. The van der Waals surface area contributed by atoms with Crippen LogP contribution in [0.2, 0.25) is 5.02 Å². The van der Waals surface area contributed by atoms with Gasteiger partial charge >= 0.3 is 0 Å². The second kappa shape index (κ2) is 7.27. The Hall–Kier alpha value is -2.08. The number of nitrogens with zero attached hydrogens (tertiary/aromatic N) is 4. The van der Waals surface area contributed by atoms with Gasteiger partial charge in [-0.2, -0.15) is 5.10 Å². The van der Waals surface area contributed by atoms with Crippen molar-refractivity contribution in [2.45, 2.75) is 26.2 Å². The summed E-state index contributed by atoms with van der Waals surface area (Å²) in [6.45, 7) is 4.44. The second-order valence-electron chi connectivity index (χ2n) is 7.04. The average Bonchev–Trinajstić information content (AvgIpc) is 3.21. The van der Waals surface area contributed by atoms with Crippen molar-refractivity contribution in [3.63, 3.8) is 0 Å². The highest BCUT2D eigenvalue weighted by Gasteiger charge is 2.20. The zero-order valence-corrected chi connectivity index (χ0v) is 15.9. The first-order chi connectivity index (χ1) is 12.6. The van der Waals surface area contributed by atoms with Gasteiger partial charge in [0.15, 0.2) is 0 Å². The van der Waals surface area contributed by atoms with Gasteiger partial charge in [-0.15, -0.1) is 0 Å². The highest BCUT2D eigenvalue weighted by atomic mass is 35.5. The van der Waals surface area contributed by atoms with Gasteiger partial charge in [0.05, 0.1) is 29.5 Å². The van der Waals surface area contributed by atoms with Crippen molar-refractivity contribution in [1.82, 2.24) is 19.6 Å². The molecule has 136 valence electrons. The lowest BCUT2D eigenvalue weighted by atomic mass is 10.2. The van der Waals surface area contributed by atoms with Crippen molar-refractivity contribution in [3.8, 4) is 11.3 Å². The topological polar surface area (TPSA) is 37.4 Å². The predicted molar refractivity (Wildman–Crippen MR) is 103 cm³/mol. The van der Waals surface area contributed by atoms with E-state index in [9.17, 15) is 0 Å². The van der Waals surface area contributed by atoms with E-state index in [2.05, 4.69) is 34.6 Å². The highest BCUT2D eigenvalue weighted by Crippen LogP contribution is 2.29. The maximum atomic E-state index is 6.27. The maximum absolute atomic E-state index is 6.27. The van der Waals surface area contributed by atoms with Crippen molar-refractivity contribution in [2.75, 3.05) is 20.6 Å². The standard InChI is InChI=1S/C20H23ClN4O/c1-23(2)12-15-11-16-13-24(9-10-25(16)22-15)14-17-7-8-20(26-17)18-5-3-4-6-19(18)21/h3-8,11H,9-10,12-14H2,1-2H3. The van der Waals surface area contributed by atoms with Crippen LogP contribution in [0.15, 0.2) is 46.9 Å². The van der Waals surface area contributed by atoms with Crippen molar-refractivity contribution in [1.29, 1.82) is 0 Å². The molecule has 5 nitrogen and oxygen atoms in total. The van der Waals surface area contributed by atoms with Gasteiger partial charge in [0.25, 0.3) is 0 Å². The van der Waals surface area contributed by atoms with E-state index in [1.54, 1.807) is 0 Å². The fourth-order valence-electron chi connectivity index (χ4n) is 3.41. The molecule has 1 aromatic carbocycles. The molecule has 6 heteroatoms. The molecule has 0 amide bonds. The Morgan fingerprint density at radius 3 is 2.81 bits per heavy atom. The zero-order chi connectivity index (χ0) is 18.1. The third-order valence-electron chi connectivity index (χ3n) is 4.59. The van der Waals surface area contributed by atoms with E-state index in [0.717, 1.165) is 55.5 Å². The summed E-state index contributed by atoms with van der Waals surface area (Å²) in [5.74, 6) is 1.78. The molecule has 0 atom stereocenters. The second-order valence-corrected chi connectivity index (χ2v) is 7.45. The Morgan fingerprint density at radius 2 is 2.00 bits per heavy atom.